The summed E-state index contributed by atoms with van der Waals surface area (Å²) in [4.78, 5) is 36.5. The predicted molar refractivity (Wildman–Crippen MR) is 98.1 cm³/mol. The van der Waals surface area contributed by atoms with Crippen LogP contribution in [0, 0.1) is 0 Å². The van der Waals surface area contributed by atoms with Gasteiger partial charge in [-0.05, 0) is 12.1 Å². The van der Waals surface area contributed by atoms with E-state index in [1.165, 1.54) is 17.2 Å². The maximum absolute atomic E-state index is 12.4. The molecular formula is C17H15N5NaO7P. The van der Waals surface area contributed by atoms with Crippen molar-refractivity contribution < 1.29 is 62.7 Å². The van der Waals surface area contributed by atoms with Crippen molar-refractivity contribution in [3.8, 4) is 0 Å². The zero-order chi connectivity index (χ0) is 20.9. The van der Waals surface area contributed by atoms with Crippen molar-refractivity contribution in [2.24, 2.45) is 0 Å². The summed E-state index contributed by atoms with van der Waals surface area (Å²) in [7, 11) is -4.49. The molecule has 2 unspecified atom stereocenters. The van der Waals surface area contributed by atoms with Gasteiger partial charge in [0.05, 0.1) is 12.9 Å². The number of hydrogen-bond acceptors (Lipinski definition) is 10. The first-order valence-corrected chi connectivity index (χ1v) is 10.4. The predicted octanol–water partition coefficient (Wildman–Crippen LogP) is -2.78. The molecule has 3 aromatic rings. The molecule has 2 saturated heterocycles. The zero-order valence-corrected chi connectivity index (χ0v) is 19.1. The number of ether oxygens (including phenoxy) is 1. The van der Waals surface area contributed by atoms with Crippen LogP contribution in [-0.4, -0.2) is 55.5 Å². The van der Waals surface area contributed by atoms with Gasteiger partial charge in [-0.2, -0.15) is 0 Å². The summed E-state index contributed by atoms with van der Waals surface area (Å²) in [5.74, 6) is -0.189. The third-order valence-corrected chi connectivity index (χ3v) is 5.82. The van der Waals surface area contributed by atoms with Gasteiger partial charge >= 0.3 is 29.6 Å². The van der Waals surface area contributed by atoms with E-state index < -0.39 is 32.4 Å². The molecule has 2 aliphatic heterocycles. The number of carbonyl (C=O) groups is 1. The Morgan fingerprint density at radius 3 is 2.81 bits per heavy atom. The molecule has 4 heterocycles. The van der Waals surface area contributed by atoms with Gasteiger partial charge in [0.25, 0.3) is 13.7 Å². The Balaban J connectivity index is 0.00000231. The van der Waals surface area contributed by atoms with Crippen LogP contribution in [0.4, 0.5) is 5.82 Å². The first-order valence-electron chi connectivity index (χ1n) is 8.94. The van der Waals surface area contributed by atoms with E-state index in [9.17, 15) is 19.4 Å². The minimum Gasteiger partial charge on any atom is -0.756 e. The molecule has 1 aromatic carbocycles. The van der Waals surface area contributed by atoms with Gasteiger partial charge in [-0.15, -0.1) is 0 Å². The Bertz CT molecular complexity index is 1160. The third-order valence-electron chi connectivity index (χ3n) is 4.86. The Kier molecular flexibility index (Phi) is 6.28. The van der Waals surface area contributed by atoms with Gasteiger partial charge in [0.15, 0.2) is 23.2 Å². The molecule has 0 spiro atoms. The van der Waals surface area contributed by atoms with Gasteiger partial charge in [-0.1, -0.05) is 18.2 Å². The molecule has 14 heteroatoms. The number of anilines is 1. The standard InChI is InChI=1S/C17H16N5O7P.Na/c23-12-13-10(6-27-30(25,26)29-13)28-17(12)22-8-20-11-14(18-7-19-15(11)22)21-16(24)9-4-2-1-3-5-9;/h1-5,7-8,10,12-13,17,23H,6H2,(H,25,26)(H,18,19,21,24);/q;+1/p-1/t10-,12-,13-,17?;/m1./s1. The number of amides is 1. The molecule has 2 aliphatic rings. The summed E-state index contributed by atoms with van der Waals surface area (Å²) in [5, 5.41) is 13.3. The van der Waals surface area contributed by atoms with Crippen molar-refractivity contribution in [2.75, 3.05) is 11.9 Å². The van der Waals surface area contributed by atoms with Crippen LogP contribution in [0.1, 0.15) is 16.6 Å². The molecule has 5 atom stereocenters. The number of rotatable bonds is 3. The van der Waals surface area contributed by atoms with Crippen LogP contribution < -0.4 is 39.8 Å². The number of fused-ring (bicyclic) bond motifs is 2. The monoisotopic (exact) mass is 455 g/mol. The van der Waals surface area contributed by atoms with Crippen LogP contribution >= 0.6 is 7.82 Å². The third kappa shape index (κ3) is 4.19. The topological polar surface area (TPSA) is 161 Å². The first kappa shape index (κ1) is 22.5. The molecule has 0 bridgehead atoms. The number of nitrogens with zero attached hydrogens (tertiary/aromatic N) is 4. The summed E-state index contributed by atoms with van der Waals surface area (Å²) in [6, 6.07) is 8.60. The second kappa shape index (κ2) is 8.66. The van der Waals surface area contributed by atoms with Gasteiger partial charge in [0.1, 0.15) is 24.6 Å². The summed E-state index contributed by atoms with van der Waals surface area (Å²) >= 11 is 0. The molecule has 156 valence electrons. The van der Waals surface area contributed by atoms with E-state index in [1.807, 2.05) is 0 Å². The van der Waals surface area contributed by atoms with E-state index >= 15 is 0 Å². The average molecular weight is 455 g/mol. The molecule has 1 amide bonds. The molecule has 0 aliphatic carbocycles. The van der Waals surface area contributed by atoms with E-state index in [4.69, 9.17) is 9.26 Å². The number of aliphatic hydroxyl groups is 1. The van der Waals surface area contributed by atoms with Gasteiger partial charge in [-0.3, -0.25) is 13.9 Å². The van der Waals surface area contributed by atoms with E-state index in [-0.39, 0.29) is 59.1 Å². The number of hydrogen-bond donors (Lipinski definition) is 2. The maximum atomic E-state index is 12.4. The molecule has 12 nitrogen and oxygen atoms in total. The minimum absolute atomic E-state index is 0. The minimum atomic E-state index is -4.49. The fourth-order valence-corrected chi connectivity index (χ4v) is 4.41. The molecule has 5 rings (SSSR count). The van der Waals surface area contributed by atoms with Crippen LogP contribution in [0.25, 0.3) is 11.2 Å². The Morgan fingerprint density at radius 1 is 1.26 bits per heavy atom. The molecule has 0 saturated carbocycles. The van der Waals surface area contributed by atoms with Crippen LogP contribution in [0.2, 0.25) is 0 Å². The van der Waals surface area contributed by atoms with E-state index in [0.29, 0.717) is 5.56 Å². The van der Waals surface area contributed by atoms with E-state index in [2.05, 4.69) is 24.8 Å². The Hall–Kier alpha value is -1.73. The summed E-state index contributed by atoms with van der Waals surface area (Å²) < 4.78 is 28.2. The van der Waals surface area contributed by atoms with Gasteiger partial charge < -0.3 is 29.1 Å². The smallest absolute Gasteiger partial charge is 0.756 e. The number of aromatic nitrogens is 4. The Labute approximate surface area is 197 Å². The molecular weight excluding hydrogens is 440 g/mol. The fourth-order valence-electron chi connectivity index (χ4n) is 3.46. The number of carbonyl (C=O) groups excluding carboxylic acids is 1. The number of imidazole rings is 1. The summed E-state index contributed by atoms with van der Waals surface area (Å²) in [5.41, 5.74) is 1.00. The number of benzene rings is 1. The van der Waals surface area contributed by atoms with Crippen molar-refractivity contribution in [3.63, 3.8) is 0 Å². The van der Waals surface area contributed by atoms with Gasteiger partial charge in [-0.25, -0.2) is 15.0 Å². The molecule has 2 aromatic heterocycles. The van der Waals surface area contributed by atoms with Gasteiger partial charge in [0, 0.05) is 5.56 Å². The molecule has 2 fully saturated rings. The number of aliphatic hydroxyl groups excluding tert-OH is 1. The maximum Gasteiger partial charge on any atom is 1.00 e. The zero-order valence-electron chi connectivity index (χ0n) is 16.2. The Morgan fingerprint density at radius 2 is 2.03 bits per heavy atom. The fraction of sp³-hybridized carbons (Fsp3) is 0.294. The SMILES string of the molecule is O=C(Nc1ncnc2c1ncn2C1O[C@@H]2COP(=O)([O-])O[C@H]2[C@H]1O)c1ccccc1.[Na+]. The summed E-state index contributed by atoms with van der Waals surface area (Å²) in [6.45, 7) is -0.265. The van der Waals surface area contributed by atoms with Crippen LogP contribution in [-0.2, 0) is 18.3 Å². The van der Waals surface area contributed by atoms with E-state index in [1.54, 1.807) is 30.3 Å². The van der Waals surface area contributed by atoms with Crippen molar-refractivity contribution in [1.29, 1.82) is 0 Å². The molecule has 31 heavy (non-hydrogen) atoms. The average Bonchev–Trinajstić information content (AvgIpc) is 3.30. The summed E-state index contributed by atoms with van der Waals surface area (Å²) in [6.07, 6.45) is -1.61. The normalized spacial score (nSPS) is 29.9. The number of nitrogens with one attached hydrogen (secondary N) is 1. The van der Waals surface area contributed by atoms with Crippen LogP contribution in [0.3, 0.4) is 0 Å². The second-order valence-electron chi connectivity index (χ2n) is 6.74. The molecule has 0 radical (unpaired) electrons. The van der Waals surface area contributed by atoms with Gasteiger partial charge in [0.2, 0.25) is 0 Å². The van der Waals surface area contributed by atoms with Crippen molar-refractivity contribution in [3.05, 3.63) is 48.5 Å². The van der Waals surface area contributed by atoms with Crippen LogP contribution in [0.5, 0.6) is 0 Å². The van der Waals surface area contributed by atoms with E-state index in [0.717, 1.165) is 0 Å². The largest absolute Gasteiger partial charge is 1.00 e. The van der Waals surface area contributed by atoms with Crippen molar-refractivity contribution in [2.45, 2.75) is 24.5 Å². The number of phosphoric ester groups is 1. The molecule has 2 N–H and O–H groups in total. The first-order chi connectivity index (χ1) is 14.4. The second-order valence-corrected chi connectivity index (χ2v) is 8.10. The quantitative estimate of drug-likeness (QED) is 0.312. The van der Waals surface area contributed by atoms with Crippen molar-refractivity contribution >= 4 is 30.7 Å². The number of phosphoric acid groups is 1. The van der Waals surface area contributed by atoms with Crippen LogP contribution in [0.15, 0.2) is 43.0 Å². The van der Waals surface area contributed by atoms with Crippen molar-refractivity contribution in [1.82, 2.24) is 19.5 Å².